The number of fused-ring (bicyclic) bond motifs is 3. The van der Waals surface area contributed by atoms with E-state index >= 15 is 0 Å². The van der Waals surface area contributed by atoms with Gasteiger partial charge in [0.15, 0.2) is 0 Å². The van der Waals surface area contributed by atoms with Crippen molar-refractivity contribution in [2.75, 3.05) is 17.2 Å². The van der Waals surface area contributed by atoms with Gasteiger partial charge in [0.2, 0.25) is 11.9 Å². The highest BCUT2D eigenvalue weighted by atomic mass is 35.5. The van der Waals surface area contributed by atoms with Crippen LogP contribution in [-0.4, -0.2) is 39.5 Å². The largest absolute Gasteiger partial charge is 0.394 e. The van der Waals surface area contributed by atoms with Crippen molar-refractivity contribution in [3.8, 4) is 11.3 Å². The van der Waals surface area contributed by atoms with Crippen LogP contribution in [-0.2, 0) is 11.2 Å². The number of halogens is 1. The van der Waals surface area contributed by atoms with Gasteiger partial charge in [-0.3, -0.25) is 9.59 Å². The first-order chi connectivity index (χ1) is 15.8. The quantitative estimate of drug-likeness (QED) is 0.440. The van der Waals surface area contributed by atoms with E-state index in [2.05, 4.69) is 25.9 Å². The van der Waals surface area contributed by atoms with Gasteiger partial charge in [0.1, 0.15) is 0 Å². The first-order valence-corrected chi connectivity index (χ1v) is 11.0. The second-order valence-corrected chi connectivity index (χ2v) is 8.63. The maximum absolute atomic E-state index is 12.4. The van der Waals surface area contributed by atoms with Gasteiger partial charge in [0, 0.05) is 33.6 Å². The molecular weight excluding hydrogens is 442 g/mol. The molecule has 9 heteroatoms. The van der Waals surface area contributed by atoms with Crippen molar-refractivity contribution < 1.29 is 14.7 Å². The van der Waals surface area contributed by atoms with Crippen LogP contribution in [0.2, 0.25) is 5.02 Å². The van der Waals surface area contributed by atoms with E-state index in [1.165, 1.54) is 0 Å². The number of aromatic nitrogens is 2. The van der Waals surface area contributed by atoms with Crippen LogP contribution in [0.5, 0.6) is 0 Å². The van der Waals surface area contributed by atoms with Crippen LogP contribution in [0.15, 0.2) is 48.7 Å². The molecule has 1 atom stereocenters. The molecule has 2 heterocycles. The standard InChI is InChI=1S/C24H24ClN5O3/c1-13(2)20(12-31)29-23(33)14-3-6-17(7-4-14)27-24-26-11-15-9-21(32)28-19-10-16(25)5-8-18(19)22(15)30-24/h3-8,10-11,13,20,31H,9,12H2,1-2H3,(H,28,32)(H,29,33)(H,26,27,30). The zero-order valence-corrected chi connectivity index (χ0v) is 19.0. The van der Waals surface area contributed by atoms with Crippen molar-refractivity contribution in [3.05, 3.63) is 64.8 Å². The molecule has 1 unspecified atom stereocenters. The van der Waals surface area contributed by atoms with Gasteiger partial charge in [-0.1, -0.05) is 25.4 Å². The van der Waals surface area contributed by atoms with Gasteiger partial charge < -0.3 is 21.1 Å². The number of rotatable bonds is 6. The molecule has 0 bridgehead atoms. The summed E-state index contributed by atoms with van der Waals surface area (Å²) in [6, 6.07) is 11.9. The minimum Gasteiger partial charge on any atom is -0.394 e. The highest BCUT2D eigenvalue weighted by molar-refractivity contribution is 6.31. The molecule has 1 aromatic heterocycles. The molecule has 4 N–H and O–H groups in total. The molecule has 0 saturated heterocycles. The number of carbonyl (C=O) groups excluding carboxylic acids is 2. The number of carbonyl (C=O) groups is 2. The zero-order valence-electron chi connectivity index (χ0n) is 18.2. The fourth-order valence-electron chi connectivity index (χ4n) is 3.53. The number of hydrogen-bond acceptors (Lipinski definition) is 6. The number of nitrogens with zero attached hydrogens (tertiary/aromatic N) is 2. The van der Waals surface area contributed by atoms with Crippen molar-refractivity contribution in [2.24, 2.45) is 5.92 Å². The highest BCUT2D eigenvalue weighted by Gasteiger charge is 2.21. The van der Waals surface area contributed by atoms with Crippen LogP contribution < -0.4 is 16.0 Å². The topological polar surface area (TPSA) is 116 Å². The fraction of sp³-hybridized carbons (Fsp3) is 0.250. The summed E-state index contributed by atoms with van der Waals surface area (Å²) in [6.07, 6.45) is 1.80. The summed E-state index contributed by atoms with van der Waals surface area (Å²) in [5.41, 5.74) is 3.92. The summed E-state index contributed by atoms with van der Waals surface area (Å²) >= 11 is 6.09. The third-order valence-corrected chi connectivity index (χ3v) is 5.68. The van der Waals surface area contributed by atoms with E-state index in [0.717, 1.165) is 11.1 Å². The van der Waals surface area contributed by atoms with Crippen LogP contribution in [0, 0.1) is 5.92 Å². The van der Waals surface area contributed by atoms with E-state index < -0.39 is 0 Å². The molecule has 3 aromatic rings. The second-order valence-electron chi connectivity index (χ2n) is 8.19. The van der Waals surface area contributed by atoms with Crippen molar-refractivity contribution >= 4 is 40.7 Å². The summed E-state index contributed by atoms with van der Waals surface area (Å²) in [5, 5.41) is 18.8. The molecule has 0 spiro atoms. The monoisotopic (exact) mass is 465 g/mol. The van der Waals surface area contributed by atoms with E-state index in [0.29, 0.717) is 33.6 Å². The molecule has 1 aliphatic rings. The average Bonchev–Trinajstić information content (AvgIpc) is 2.92. The molecule has 2 amide bonds. The van der Waals surface area contributed by atoms with E-state index in [-0.39, 0.29) is 36.8 Å². The van der Waals surface area contributed by atoms with Crippen LogP contribution >= 0.6 is 11.6 Å². The molecule has 2 aromatic carbocycles. The van der Waals surface area contributed by atoms with Crippen LogP contribution in [0.3, 0.4) is 0 Å². The SMILES string of the molecule is CC(C)C(CO)NC(=O)c1ccc(Nc2ncc3c(n2)-c2ccc(Cl)cc2NC(=O)C3)cc1. The summed E-state index contributed by atoms with van der Waals surface area (Å²) < 4.78 is 0. The van der Waals surface area contributed by atoms with Crippen molar-refractivity contribution in [1.82, 2.24) is 15.3 Å². The Labute approximate surface area is 196 Å². The Hall–Kier alpha value is -3.49. The van der Waals surface area contributed by atoms with Crippen LogP contribution in [0.1, 0.15) is 29.8 Å². The van der Waals surface area contributed by atoms with E-state index in [4.69, 9.17) is 11.6 Å². The predicted molar refractivity (Wildman–Crippen MR) is 128 cm³/mol. The lowest BCUT2D eigenvalue weighted by atomic mass is 10.0. The Bertz CT molecular complexity index is 1200. The molecule has 0 fully saturated rings. The number of nitrogens with one attached hydrogen (secondary N) is 3. The average molecular weight is 466 g/mol. The number of aliphatic hydroxyl groups is 1. The van der Waals surface area contributed by atoms with Crippen LogP contribution in [0.25, 0.3) is 11.3 Å². The number of aliphatic hydroxyl groups excluding tert-OH is 1. The van der Waals surface area contributed by atoms with Gasteiger partial charge in [-0.2, -0.15) is 0 Å². The lowest BCUT2D eigenvalue weighted by Crippen LogP contribution is -2.41. The Morgan fingerprint density at radius 2 is 1.97 bits per heavy atom. The summed E-state index contributed by atoms with van der Waals surface area (Å²) in [4.78, 5) is 33.7. The number of amides is 2. The van der Waals surface area contributed by atoms with Crippen molar-refractivity contribution in [2.45, 2.75) is 26.3 Å². The molecule has 170 valence electrons. The van der Waals surface area contributed by atoms with Gasteiger partial charge in [0.05, 0.1) is 30.5 Å². The van der Waals surface area contributed by atoms with Gasteiger partial charge >= 0.3 is 0 Å². The van der Waals surface area contributed by atoms with E-state index in [9.17, 15) is 14.7 Å². The summed E-state index contributed by atoms with van der Waals surface area (Å²) in [6.45, 7) is 3.76. The van der Waals surface area contributed by atoms with Gasteiger partial charge in [-0.25, -0.2) is 9.97 Å². The second kappa shape index (κ2) is 9.56. The molecule has 0 saturated carbocycles. The Kier molecular flexibility index (Phi) is 6.57. The smallest absolute Gasteiger partial charge is 0.251 e. The first kappa shape index (κ1) is 22.7. The minimum absolute atomic E-state index is 0.116. The minimum atomic E-state index is -0.303. The molecule has 8 nitrogen and oxygen atoms in total. The molecule has 0 aliphatic carbocycles. The maximum Gasteiger partial charge on any atom is 0.251 e. The first-order valence-electron chi connectivity index (χ1n) is 10.6. The number of hydrogen-bond donors (Lipinski definition) is 4. The van der Waals surface area contributed by atoms with E-state index in [1.807, 2.05) is 19.9 Å². The van der Waals surface area contributed by atoms with E-state index in [1.54, 1.807) is 42.6 Å². The lowest BCUT2D eigenvalue weighted by molar-refractivity contribution is -0.115. The van der Waals surface area contributed by atoms with Gasteiger partial charge in [-0.05, 0) is 48.4 Å². The molecular formula is C24H24ClN5O3. The lowest BCUT2D eigenvalue weighted by Gasteiger charge is -2.20. The fourth-order valence-corrected chi connectivity index (χ4v) is 3.70. The Balaban J connectivity index is 1.55. The molecule has 33 heavy (non-hydrogen) atoms. The van der Waals surface area contributed by atoms with Gasteiger partial charge in [0.25, 0.3) is 5.91 Å². The molecule has 4 rings (SSSR count). The van der Waals surface area contributed by atoms with Crippen molar-refractivity contribution in [1.29, 1.82) is 0 Å². The van der Waals surface area contributed by atoms with Crippen molar-refractivity contribution in [3.63, 3.8) is 0 Å². The number of anilines is 3. The Morgan fingerprint density at radius 1 is 1.21 bits per heavy atom. The summed E-state index contributed by atoms with van der Waals surface area (Å²) in [5.74, 6) is 0.0811. The normalized spacial score (nSPS) is 13.4. The van der Waals surface area contributed by atoms with Gasteiger partial charge in [-0.15, -0.1) is 0 Å². The zero-order chi connectivity index (χ0) is 23.5. The Morgan fingerprint density at radius 3 is 2.67 bits per heavy atom. The highest BCUT2D eigenvalue weighted by Crippen LogP contribution is 2.34. The third kappa shape index (κ3) is 5.13. The number of benzene rings is 2. The maximum atomic E-state index is 12.4. The molecule has 0 radical (unpaired) electrons. The third-order valence-electron chi connectivity index (χ3n) is 5.45. The summed E-state index contributed by atoms with van der Waals surface area (Å²) in [7, 11) is 0. The predicted octanol–water partition coefficient (Wildman–Crippen LogP) is 3.78. The van der Waals surface area contributed by atoms with Crippen LogP contribution in [0.4, 0.5) is 17.3 Å². The molecule has 1 aliphatic heterocycles.